The van der Waals surface area contributed by atoms with Crippen LogP contribution in [0.3, 0.4) is 0 Å². The predicted octanol–water partition coefficient (Wildman–Crippen LogP) is 1.56. The summed E-state index contributed by atoms with van der Waals surface area (Å²) in [4.78, 5) is 15.3. The van der Waals surface area contributed by atoms with E-state index in [2.05, 4.69) is 9.73 Å². The van der Waals surface area contributed by atoms with Crippen molar-refractivity contribution in [2.45, 2.75) is 6.04 Å². The highest BCUT2D eigenvalue weighted by molar-refractivity contribution is 5.95. The Bertz CT molecular complexity index is 451. The second-order valence-corrected chi connectivity index (χ2v) is 3.56. The maximum Gasteiger partial charge on any atom is 0.330 e. The van der Waals surface area contributed by atoms with Gasteiger partial charge in [-0.05, 0) is 18.2 Å². The van der Waals surface area contributed by atoms with Crippen molar-refractivity contribution in [3.63, 3.8) is 0 Å². The van der Waals surface area contributed by atoms with Crippen LogP contribution in [0.1, 0.15) is 5.56 Å². The van der Waals surface area contributed by atoms with Gasteiger partial charge >= 0.3 is 5.97 Å². The van der Waals surface area contributed by atoms with Gasteiger partial charge in [0.1, 0.15) is 12.6 Å². The zero-order valence-corrected chi connectivity index (χ0v) is 9.50. The van der Waals surface area contributed by atoms with Gasteiger partial charge in [0.2, 0.25) is 5.90 Å². The minimum atomic E-state index is -0.381. The number of carbonyl (C=O) groups excluding carboxylic acids is 1. The molecule has 88 valence electrons. The number of carbonyl (C=O) groups is 1. The Balaban J connectivity index is 2.04. The minimum Gasteiger partial charge on any atom is -0.475 e. The van der Waals surface area contributed by atoms with E-state index in [1.807, 2.05) is 30.3 Å². The smallest absolute Gasteiger partial charge is 0.330 e. The lowest BCUT2D eigenvalue weighted by atomic mass is 10.2. The molecule has 0 aliphatic carbocycles. The van der Waals surface area contributed by atoms with Gasteiger partial charge in [-0.25, -0.2) is 9.79 Å². The number of aliphatic imine (C=N–C) groups is 1. The number of esters is 1. The minimum absolute atomic E-state index is 0.121. The van der Waals surface area contributed by atoms with Crippen molar-refractivity contribution in [1.82, 2.24) is 0 Å². The van der Waals surface area contributed by atoms with Gasteiger partial charge in [-0.3, -0.25) is 0 Å². The molecule has 0 saturated carbocycles. The van der Waals surface area contributed by atoms with Gasteiger partial charge in [0.25, 0.3) is 0 Å². The van der Waals surface area contributed by atoms with Gasteiger partial charge in [0.15, 0.2) is 0 Å². The molecule has 4 heteroatoms. The highest BCUT2D eigenvalue weighted by Crippen LogP contribution is 2.12. The summed E-state index contributed by atoms with van der Waals surface area (Å²) in [7, 11) is 1.34. The molecule has 0 N–H and O–H groups in total. The molecule has 1 atom stereocenters. The third-order valence-electron chi connectivity index (χ3n) is 2.35. The van der Waals surface area contributed by atoms with Crippen LogP contribution in [0.5, 0.6) is 0 Å². The summed E-state index contributed by atoms with van der Waals surface area (Å²) in [5.74, 6) is 0.235. The number of ether oxygens (including phenoxy) is 2. The molecule has 0 bridgehead atoms. The quantitative estimate of drug-likeness (QED) is 0.586. The Kier molecular flexibility index (Phi) is 3.55. The molecule has 1 aliphatic rings. The van der Waals surface area contributed by atoms with E-state index >= 15 is 0 Å². The Morgan fingerprint density at radius 1 is 1.47 bits per heavy atom. The van der Waals surface area contributed by atoms with Crippen molar-refractivity contribution in [2.24, 2.45) is 4.99 Å². The van der Waals surface area contributed by atoms with Crippen molar-refractivity contribution < 1.29 is 14.3 Å². The standard InChI is InChI=1S/C13H13NO3/c1-16-12(15)8-7-11-9-17-13(14-11)10-5-3-2-4-6-10/h2-8,11H,9H2,1H3/b8-7+/t11-/m0/s1. The number of nitrogens with zero attached hydrogens (tertiary/aromatic N) is 1. The molecule has 0 saturated heterocycles. The zero-order valence-electron chi connectivity index (χ0n) is 9.50. The fraction of sp³-hybridized carbons (Fsp3) is 0.231. The molecule has 1 aromatic carbocycles. The highest BCUT2D eigenvalue weighted by Gasteiger charge is 2.17. The van der Waals surface area contributed by atoms with Crippen LogP contribution >= 0.6 is 0 Å². The van der Waals surface area contributed by atoms with Crippen LogP contribution < -0.4 is 0 Å². The fourth-order valence-electron chi connectivity index (χ4n) is 1.48. The van der Waals surface area contributed by atoms with Gasteiger partial charge in [-0.2, -0.15) is 0 Å². The third kappa shape index (κ3) is 2.93. The maximum absolute atomic E-state index is 10.9. The van der Waals surface area contributed by atoms with Crippen LogP contribution in [0, 0.1) is 0 Å². The van der Waals surface area contributed by atoms with Gasteiger partial charge in [0, 0.05) is 11.6 Å². The topological polar surface area (TPSA) is 47.9 Å². The highest BCUT2D eigenvalue weighted by atomic mass is 16.5. The van der Waals surface area contributed by atoms with E-state index in [1.165, 1.54) is 13.2 Å². The molecule has 4 nitrogen and oxygen atoms in total. The largest absolute Gasteiger partial charge is 0.475 e. The monoisotopic (exact) mass is 231 g/mol. The molecule has 1 heterocycles. The number of benzene rings is 1. The van der Waals surface area contributed by atoms with Crippen LogP contribution in [0.4, 0.5) is 0 Å². The first-order valence-electron chi connectivity index (χ1n) is 5.32. The molecule has 1 aliphatic heterocycles. The van der Waals surface area contributed by atoms with Gasteiger partial charge in [-0.1, -0.05) is 18.2 Å². The number of rotatable bonds is 3. The molecule has 0 unspecified atom stereocenters. The maximum atomic E-state index is 10.9. The predicted molar refractivity (Wildman–Crippen MR) is 63.9 cm³/mol. The van der Waals surface area contributed by atoms with Gasteiger partial charge < -0.3 is 9.47 Å². The average Bonchev–Trinajstić information content (AvgIpc) is 2.86. The van der Waals surface area contributed by atoms with Crippen LogP contribution in [-0.2, 0) is 14.3 Å². The van der Waals surface area contributed by atoms with Crippen molar-refractivity contribution in [3.05, 3.63) is 48.0 Å². The van der Waals surface area contributed by atoms with Crippen molar-refractivity contribution in [3.8, 4) is 0 Å². The molecule has 0 fully saturated rings. The van der Waals surface area contributed by atoms with Crippen LogP contribution in [0.15, 0.2) is 47.5 Å². The van der Waals surface area contributed by atoms with E-state index in [0.717, 1.165) is 5.56 Å². The molecular formula is C13H13NO3. The normalized spacial score (nSPS) is 18.9. The van der Waals surface area contributed by atoms with Crippen LogP contribution in [0.2, 0.25) is 0 Å². The fourth-order valence-corrected chi connectivity index (χ4v) is 1.48. The van der Waals surface area contributed by atoms with Crippen molar-refractivity contribution in [1.29, 1.82) is 0 Å². The first kappa shape index (κ1) is 11.4. The number of methoxy groups -OCH3 is 1. The summed E-state index contributed by atoms with van der Waals surface area (Å²) in [5, 5.41) is 0. The molecular weight excluding hydrogens is 218 g/mol. The Morgan fingerprint density at radius 3 is 2.94 bits per heavy atom. The molecule has 0 radical (unpaired) electrons. The van der Waals surface area contributed by atoms with Crippen LogP contribution in [0.25, 0.3) is 0 Å². The Labute approximate surface area is 99.6 Å². The Hall–Kier alpha value is -2.10. The van der Waals surface area contributed by atoms with E-state index in [4.69, 9.17) is 4.74 Å². The summed E-state index contributed by atoms with van der Waals surface area (Å²) in [5.41, 5.74) is 0.946. The van der Waals surface area contributed by atoms with E-state index < -0.39 is 0 Å². The van der Waals surface area contributed by atoms with Gasteiger partial charge in [0.05, 0.1) is 7.11 Å². The summed E-state index contributed by atoms with van der Waals surface area (Å²) < 4.78 is 9.97. The molecule has 0 spiro atoms. The summed E-state index contributed by atoms with van der Waals surface area (Å²) in [6.07, 6.45) is 3.05. The second-order valence-electron chi connectivity index (χ2n) is 3.56. The molecule has 17 heavy (non-hydrogen) atoms. The molecule has 2 rings (SSSR count). The Morgan fingerprint density at radius 2 is 2.24 bits per heavy atom. The SMILES string of the molecule is COC(=O)/C=C/[C@H]1COC(c2ccccc2)=N1. The second kappa shape index (κ2) is 5.30. The van der Waals surface area contributed by atoms with Crippen molar-refractivity contribution >= 4 is 11.9 Å². The van der Waals surface area contributed by atoms with Gasteiger partial charge in [-0.15, -0.1) is 0 Å². The van der Waals surface area contributed by atoms with Crippen molar-refractivity contribution in [2.75, 3.05) is 13.7 Å². The lowest BCUT2D eigenvalue weighted by Crippen LogP contribution is -2.04. The lowest BCUT2D eigenvalue weighted by Gasteiger charge is -1.99. The average molecular weight is 231 g/mol. The van der Waals surface area contributed by atoms with E-state index in [0.29, 0.717) is 12.5 Å². The van der Waals surface area contributed by atoms with E-state index in [1.54, 1.807) is 6.08 Å². The number of hydrogen-bond acceptors (Lipinski definition) is 4. The van der Waals surface area contributed by atoms with E-state index in [9.17, 15) is 4.79 Å². The molecule has 0 amide bonds. The van der Waals surface area contributed by atoms with E-state index in [-0.39, 0.29) is 12.0 Å². The molecule has 0 aromatic heterocycles. The summed E-state index contributed by atoms with van der Waals surface area (Å²) in [6, 6.07) is 9.55. The first-order valence-corrected chi connectivity index (χ1v) is 5.32. The number of hydrogen-bond donors (Lipinski definition) is 0. The lowest BCUT2D eigenvalue weighted by molar-refractivity contribution is -0.134. The zero-order chi connectivity index (χ0) is 12.1. The first-order chi connectivity index (χ1) is 8.29. The summed E-state index contributed by atoms with van der Waals surface area (Å²) >= 11 is 0. The third-order valence-corrected chi connectivity index (χ3v) is 2.35. The summed E-state index contributed by atoms with van der Waals surface area (Å²) in [6.45, 7) is 0.456. The molecule has 1 aromatic rings. The van der Waals surface area contributed by atoms with Crippen LogP contribution in [-0.4, -0.2) is 31.6 Å².